The molecule has 3 rings (SSSR count). The summed E-state index contributed by atoms with van der Waals surface area (Å²) in [5.41, 5.74) is 6.72. The fourth-order valence-corrected chi connectivity index (χ4v) is 3.25. The van der Waals surface area contributed by atoms with Crippen LogP contribution in [0.2, 0.25) is 0 Å². The van der Waals surface area contributed by atoms with E-state index in [2.05, 4.69) is 62.3 Å². The summed E-state index contributed by atoms with van der Waals surface area (Å²) < 4.78 is 1.89. The molecule has 0 spiro atoms. The van der Waals surface area contributed by atoms with Crippen LogP contribution in [0.3, 0.4) is 0 Å². The summed E-state index contributed by atoms with van der Waals surface area (Å²) in [5.74, 6) is 0. The van der Waals surface area contributed by atoms with Crippen LogP contribution in [0.25, 0.3) is 21.9 Å². The van der Waals surface area contributed by atoms with Crippen molar-refractivity contribution in [3.63, 3.8) is 0 Å². The highest BCUT2D eigenvalue weighted by Gasteiger charge is 2.17. The van der Waals surface area contributed by atoms with E-state index in [0.717, 1.165) is 41.8 Å². The lowest BCUT2D eigenvalue weighted by Crippen LogP contribution is -2.16. The second-order valence-electron chi connectivity index (χ2n) is 6.88. The molecule has 0 aliphatic carbocycles. The molecule has 0 saturated carbocycles. The van der Waals surface area contributed by atoms with Crippen LogP contribution in [-0.4, -0.2) is 46.8 Å². The van der Waals surface area contributed by atoms with Gasteiger partial charge in [0.05, 0.1) is 22.3 Å². The highest BCUT2D eigenvalue weighted by Crippen LogP contribution is 2.34. The van der Waals surface area contributed by atoms with E-state index in [1.54, 1.807) is 0 Å². The molecule has 0 atom stereocenters. The lowest BCUT2D eigenvalue weighted by atomic mass is 10.0. The molecule has 0 saturated heterocycles. The number of fused-ring (bicyclic) bond motifs is 2. The summed E-state index contributed by atoms with van der Waals surface area (Å²) in [4.78, 5) is 7.14. The summed E-state index contributed by atoms with van der Waals surface area (Å²) >= 11 is 0. The molecule has 0 fully saturated rings. The van der Waals surface area contributed by atoms with Crippen molar-refractivity contribution < 1.29 is 0 Å². The number of aryl methyl sites for hydroxylation is 4. The fourth-order valence-electron chi connectivity index (χ4n) is 3.25. The van der Waals surface area contributed by atoms with E-state index in [1.807, 2.05) is 11.7 Å². The number of rotatable bonds is 5. The van der Waals surface area contributed by atoms with Crippen molar-refractivity contribution in [1.29, 1.82) is 0 Å². The van der Waals surface area contributed by atoms with Crippen molar-refractivity contribution >= 4 is 40.0 Å². The highest BCUT2D eigenvalue weighted by molar-refractivity contribution is 6.08. The van der Waals surface area contributed by atoms with E-state index in [4.69, 9.17) is 4.98 Å². The van der Waals surface area contributed by atoms with Crippen LogP contribution in [0.1, 0.15) is 23.2 Å². The predicted molar refractivity (Wildman–Crippen MR) is 109 cm³/mol. The molecule has 1 N–H and O–H groups in total. The summed E-state index contributed by atoms with van der Waals surface area (Å²) in [6.07, 6.45) is 1.10. The number of hydrogen-bond donors (Lipinski definition) is 1. The Kier molecular flexibility index (Phi) is 5.91. The molecule has 25 heavy (non-hydrogen) atoms. The van der Waals surface area contributed by atoms with Crippen LogP contribution in [-0.2, 0) is 7.05 Å². The predicted octanol–water partition coefficient (Wildman–Crippen LogP) is 3.83. The number of halogens is 1. The van der Waals surface area contributed by atoms with E-state index in [9.17, 15) is 0 Å². The first-order chi connectivity index (χ1) is 11.4. The zero-order valence-electron chi connectivity index (χ0n) is 16.0. The molecule has 0 aliphatic rings. The molecular weight excluding hydrogens is 334 g/mol. The first kappa shape index (κ1) is 19.5. The molecular formula is C19H28ClN5. The molecule has 0 bridgehead atoms. The number of hydrogen-bond acceptors (Lipinski definition) is 4. The Morgan fingerprint density at radius 3 is 2.56 bits per heavy atom. The van der Waals surface area contributed by atoms with E-state index >= 15 is 0 Å². The van der Waals surface area contributed by atoms with E-state index in [-0.39, 0.29) is 12.4 Å². The minimum absolute atomic E-state index is 0. The van der Waals surface area contributed by atoms with Crippen LogP contribution in [0.5, 0.6) is 0 Å². The van der Waals surface area contributed by atoms with E-state index in [0.29, 0.717) is 0 Å². The van der Waals surface area contributed by atoms with Gasteiger partial charge in [-0.1, -0.05) is 12.1 Å². The average molecular weight is 362 g/mol. The summed E-state index contributed by atoms with van der Waals surface area (Å²) in [5, 5.41) is 10.6. The molecule has 2 heterocycles. The van der Waals surface area contributed by atoms with Gasteiger partial charge >= 0.3 is 0 Å². The van der Waals surface area contributed by atoms with Gasteiger partial charge in [0.15, 0.2) is 5.65 Å². The number of benzene rings is 1. The molecule has 6 heteroatoms. The van der Waals surface area contributed by atoms with Crippen molar-refractivity contribution in [3.8, 4) is 0 Å². The third-order valence-corrected chi connectivity index (χ3v) is 4.71. The molecule has 136 valence electrons. The van der Waals surface area contributed by atoms with Crippen molar-refractivity contribution in [2.45, 2.75) is 27.2 Å². The van der Waals surface area contributed by atoms with Gasteiger partial charge in [-0.05, 0) is 59.0 Å². The van der Waals surface area contributed by atoms with Gasteiger partial charge in [-0.3, -0.25) is 4.68 Å². The maximum Gasteiger partial charge on any atom is 0.160 e. The maximum atomic E-state index is 4.93. The van der Waals surface area contributed by atoms with Gasteiger partial charge in [0.25, 0.3) is 0 Å². The third kappa shape index (κ3) is 3.58. The number of pyridine rings is 1. The smallest absolute Gasteiger partial charge is 0.160 e. The summed E-state index contributed by atoms with van der Waals surface area (Å²) in [6, 6.07) is 4.37. The van der Waals surface area contributed by atoms with Gasteiger partial charge in [0.1, 0.15) is 0 Å². The number of anilines is 1. The Labute approximate surface area is 155 Å². The second kappa shape index (κ2) is 7.58. The van der Waals surface area contributed by atoms with Crippen molar-refractivity contribution in [3.05, 3.63) is 29.0 Å². The normalized spacial score (nSPS) is 11.3. The lowest BCUT2D eigenvalue weighted by molar-refractivity contribution is 0.405. The van der Waals surface area contributed by atoms with Crippen molar-refractivity contribution in [1.82, 2.24) is 19.7 Å². The Hall–Kier alpha value is -1.85. The zero-order valence-corrected chi connectivity index (χ0v) is 16.8. The Balaban J connectivity index is 0.00000225. The molecule has 0 unspecified atom stereocenters. The van der Waals surface area contributed by atoms with Gasteiger partial charge in [0, 0.05) is 19.0 Å². The van der Waals surface area contributed by atoms with Gasteiger partial charge in [0.2, 0.25) is 0 Å². The lowest BCUT2D eigenvalue weighted by Gasteiger charge is -2.15. The molecule has 3 aromatic rings. The summed E-state index contributed by atoms with van der Waals surface area (Å²) in [6.45, 7) is 8.35. The molecule has 0 amide bonds. The molecule has 2 aromatic heterocycles. The second-order valence-corrected chi connectivity index (χ2v) is 6.88. The maximum absolute atomic E-state index is 4.93. The Morgan fingerprint density at radius 2 is 1.88 bits per heavy atom. The van der Waals surface area contributed by atoms with Gasteiger partial charge in [-0.15, -0.1) is 12.4 Å². The molecule has 0 aliphatic heterocycles. The van der Waals surface area contributed by atoms with Crippen molar-refractivity contribution in [2.24, 2.45) is 7.05 Å². The van der Waals surface area contributed by atoms with Crippen LogP contribution < -0.4 is 5.32 Å². The minimum Gasteiger partial charge on any atom is -0.384 e. The van der Waals surface area contributed by atoms with Crippen molar-refractivity contribution in [2.75, 3.05) is 32.5 Å². The van der Waals surface area contributed by atoms with E-state index in [1.165, 1.54) is 22.2 Å². The molecule has 5 nitrogen and oxygen atoms in total. The first-order valence-electron chi connectivity index (χ1n) is 8.52. The third-order valence-electron chi connectivity index (χ3n) is 4.71. The topological polar surface area (TPSA) is 46.0 Å². The quantitative estimate of drug-likeness (QED) is 0.701. The van der Waals surface area contributed by atoms with Gasteiger partial charge in [-0.25, -0.2) is 4.98 Å². The Morgan fingerprint density at radius 1 is 1.16 bits per heavy atom. The van der Waals surface area contributed by atoms with Gasteiger partial charge < -0.3 is 10.2 Å². The first-order valence-corrected chi connectivity index (χ1v) is 8.52. The molecule has 0 radical (unpaired) electrons. The van der Waals surface area contributed by atoms with Gasteiger partial charge in [-0.2, -0.15) is 5.10 Å². The minimum atomic E-state index is 0. The number of aromatic nitrogens is 3. The standard InChI is InChI=1S/C19H27N5.ClH/c1-12-8-9-15-17(13(12)2)21-19-16(14(3)22-24(19)6)18(15)20-10-7-11-23(4)5;/h8-9H,7,10-11H2,1-6H3,(H,20,21);1H. The van der Waals surface area contributed by atoms with E-state index < -0.39 is 0 Å². The highest BCUT2D eigenvalue weighted by atomic mass is 35.5. The SMILES string of the molecule is Cc1ccc2c(NCCCN(C)C)c3c(C)nn(C)c3nc2c1C.Cl. The Bertz CT molecular complexity index is 898. The van der Waals surface area contributed by atoms with Crippen LogP contribution in [0.15, 0.2) is 12.1 Å². The van der Waals surface area contributed by atoms with Crippen LogP contribution in [0, 0.1) is 20.8 Å². The van der Waals surface area contributed by atoms with Crippen LogP contribution >= 0.6 is 12.4 Å². The fraction of sp³-hybridized carbons (Fsp3) is 0.474. The summed E-state index contributed by atoms with van der Waals surface area (Å²) in [7, 11) is 6.18. The molecule has 1 aromatic carbocycles. The van der Waals surface area contributed by atoms with Crippen LogP contribution in [0.4, 0.5) is 5.69 Å². The number of nitrogens with zero attached hydrogens (tertiary/aromatic N) is 4. The zero-order chi connectivity index (χ0) is 17.4. The average Bonchev–Trinajstić information content (AvgIpc) is 2.81. The largest absolute Gasteiger partial charge is 0.384 e. The number of nitrogens with one attached hydrogen (secondary N) is 1. The monoisotopic (exact) mass is 361 g/mol.